The number of hydrogen-bond acceptors (Lipinski definition) is 6. The molecule has 0 aromatic rings. The largest absolute Gasteiger partial charge is 0.444 e. The molecule has 4 amide bonds. The molecule has 0 radical (unpaired) electrons. The number of nitrogens with zero attached hydrogens (tertiary/aromatic N) is 1. The van der Waals surface area contributed by atoms with Gasteiger partial charge in [-0.25, -0.2) is 13.6 Å². The summed E-state index contributed by atoms with van der Waals surface area (Å²) in [5, 5.41) is 4.97. The Morgan fingerprint density at radius 3 is 2.11 bits per heavy atom. The van der Waals surface area contributed by atoms with E-state index in [2.05, 4.69) is 10.6 Å². The Kier molecular flexibility index (Phi) is 7.64. The van der Waals surface area contributed by atoms with E-state index in [9.17, 15) is 32.8 Å². The number of likely N-dealkylation sites (tertiary alicyclic amines) is 1. The second-order valence-electron chi connectivity index (χ2n) is 12.5. The SMILES string of the molecule is CC(C)(C)OC(=O)N[C@H](C(=O)N1C[C@H]2C([C@H]1C(=O)NC(CC1CCC1)C(=O)C(N)=O)C2(F)F)C(C)(C)C. The minimum atomic E-state index is -3.15. The molecule has 2 saturated carbocycles. The van der Waals surface area contributed by atoms with E-state index in [1.54, 1.807) is 41.5 Å². The minimum absolute atomic E-state index is 0.105. The quantitative estimate of drug-likeness (QED) is 0.409. The summed E-state index contributed by atoms with van der Waals surface area (Å²) in [6, 6.07) is -4.00. The number of fused-ring (bicyclic) bond motifs is 1. The number of rotatable bonds is 8. The molecule has 12 heteroatoms. The first-order valence-corrected chi connectivity index (χ1v) is 12.7. The fourth-order valence-corrected chi connectivity index (χ4v) is 5.10. The highest BCUT2D eigenvalue weighted by Crippen LogP contribution is 2.62. The number of hydrogen-bond donors (Lipinski definition) is 3. The number of carbonyl (C=O) groups is 5. The number of amides is 4. The van der Waals surface area contributed by atoms with Crippen molar-refractivity contribution in [1.29, 1.82) is 0 Å². The molecule has 1 heterocycles. The molecule has 10 nitrogen and oxygen atoms in total. The van der Waals surface area contributed by atoms with Crippen LogP contribution in [0.5, 0.6) is 0 Å². The molecule has 2 aliphatic carbocycles. The summed E-state index contributed by atoms with van der Waals surface area (Å²) < 4.78 is 34.2. The number of primary amides is 1. The second kappa shape index (κ2) is 9.83. The summed E-state index contributed by atoms with van der Waals surface area (Å²) in [5.74, 6) is -9.57. The van der Waals surface area contributed by atoms with Crippen molar-refractivity contribution in [1.82, 2.24) is 15.5 Å². The van der Waals surface area contributed by atoms with Crippen LogP contribution in [-0.4, -0.2) is 70.7 Å². The number of nitrogens with two attached hydrogens (primary N) is 1. The van der Waals surface area contributed by atoms with Gasteiger partial charge in [-0.3, -0.25) is 19.2 Å². The number of nitrogens with one attached hydrogen (secondary N) is 2. The summed E-state index contributed by atoms with van der Waals surface area (Å²) in [4.78, 5) is 64.4. The second-order valence-corrected chi connectivity index (χ2v) is 12.5. The van der Waals surface area contributed by atoms with Crippen molar-refractivity contribution < 1.29 is 37.5 Å². The van der Waals surface area contributed by atoms with Crippen molar-refractivity contribution in [2.45, 2.75) is 96.9 Å². The predicted molar refractivity (Wildman–Crippen MR) is 128 cm³/mol. The van der Waals surface area contributed by atoms with Crippen molar-refractivity contribution in [2.75, 3.05) is 6.54 Å². The predicted octanol–water partition coefficient (Wildman–Crippen LogP) is 1.75. The van der Waals surface area contributed by atoms with E-state index in [-0.39, 0.29) is 18.9 Å². The van der Waals surface area contributed by atoms with Crippen molar-refractivity contribution >= 4 is 29.6 Å². The Labute approximate surface area is 215 Å². The Bertz CT molecular complexity index is 969. The van der Waals surface area contributed by atoms with Crippen LogP contribution in [0.15, 0.2) is 0 Å². The molecule has 0 aromatic heterocycles. The van der Waals surface area contributed by atoms with Crippen LogP contribution >= 0.6 is 0 Å². The Balaban J connectivity index is 1.83. The summed E-state index contributed by atoms with van der Waals surface area (Å²) in [6.45, 7) is 9.65. The summed E-state index contributed by atoms with van der Waals surface area (Å²) >= 11 is 0. The zero-order valence-corrected chi connectivity index (χ0v) is 22.2. The number of piperidine rings is 1. The Morgan fingerprint density at radius 2 is 1.65 bits per heavy atom. The zero-order chi connectivity index (χ0) is 28.1. The topological polar surface area (TPSA) is 148 Å². The van der Waals surface area contributed by atoms with E-state index in [1.165, 1.54) is 0 Å². The van der Waals surface area contributed by atoms with Gasteiger partial charge in [0, 0.05) is 6.54 Å². The molecular formula is C25H38F2N4O6. The van der Waals surface area contributed by atoms with Gasteiger partial charge in [-0.05, 0) is 38.5 Å². The third kappa shape index (κ3) is 6.20. The van der Waals surface area contributed by atoms with Gasteiger partial charge in [-0.1, -0.05) is 40.0 Å². The van der Waals surface area contributed by atoms with Gasteiger partial charge in [-0.2, -0.15) is 0 Å². The smallest absolute Gasteiger partial charge is 0.408 e. The van der Waals surface area contributed by atoms with Crippen LogP contribution in [0.2, 0.25) is 0 Å². The van der Waals surface area contributed by atoms with Gasteiger partial charge < -0.3 is 26.0 Å². The van der Waals surface area contributed by atoms with Crippen molar-refractivity contribution in [3.63, 3.8) is 0 Å². The van der Waals surface area contributed by atoms with E-state index in [4.69, 9.17) is 10.5 Å². The van der Waals surface area contributed by atoms with E-state index in [0.717, 1.165) is 24.2 Å². The van der Waals surface area contributed by atoms with Gasteiger partial charge in [0.25, 0.3) is 11.8 Å². The average Bonchev–Trinajstić information content (AvgIpc) is 3.06. The van der Waals surface area contributed by atoms with Crippen LogP contribution in [0, 0.1) is 23.2 Å². The molecule has 0 spiro atoms. The van der Waals surface area contributed by atoms with Crippen molar-refractivity contribution in [3.8, 4) is 0 Å². The average molecular weight is 529 g/mol. The lowest BCUT2D eigenvalue weighted by Crippen LogP contribution is -2.61. The molecule has 37 heavy (non-hydrogen) atoms. The number of halogens is 2. The highest BCUT2D eigenvalue weighted by atomic mass is 19.3. The maximum Gasteiger partial charge on any atom is 0.408 e. The third-order valence-electron chi connectivity index (χ3n) is 7.33. The lowest BCUT2D eigenvalue weighted by Gasteiger charge is -2.37. The number of alkyl halides is 2. The molecule has 208 valence electrons. The number of carbonyl (C=O) groups excluding carboxylic acids is 5. The monoisotopic (exact) mass is 528 g/mol. The summed E-state index contributed by atoms with van der Waals surface area (Å²) in [6.07, 6.45) is 1.90. The van der Waals surface area contributed by atoms with E-state index in [1.807, 2.05) is 0 Å². The molecular weight excluding hydrogens is 490 g/mol. The summed E-state index contributed by atoms with van der Waals surface area (Å²) in [7, 11) is 0. The molecule has 0 bridgehead atoms. The summed E-state index contributed by atoms with van der Waals surface area (Å²) in [5.41, 5.74) is 3.47. The fourth-order valence-electron chi connectivity index (χ4n) is 5.10. The number of Topliss-reactive ketones (excluding diaryl/α,β-unsaturated/α-hetero) is 1. The van der Waals surface area contributed by atoms with Crippen LogP contribution in [0.3, 0.4) is 0 Å². The van der Waals surface area contributed by atoms with Gasteiger partial charge in [0.05, 0.1) is 17.9 Å². The minimum Gasteiger partial charge on any atom is -0.444 e. The highest BCUT2D eigenvalue weighted by molar-refractivity contribution is 6.37. The fraction of sp³-hybridized carbons (Fsp3) is 0.800. The lowest BCUT2D eigenvalue weighted by molar-refractivity contribution is -0.146. The maximum absolute atomic E-state index is 14.5. The van der Waals surface area contributed by atoms with E-state index >= 15 is 0 Å². The van der Waals surface area contributed by atoms with Gasteiger partial charge >= 0.3 is 6.09 Å². The van der Waals surface area contributed by atoms with Crippen LogP contribution < -0.4 is 16.4 Å². The molecule has 4 N–H and O–H groups in total. The molecule has 2 unspecified atom stereocenters. The van der Waals surface area contributed by atoms with Crippen LogP contribution in [0.1, 0.15) is 67.2 Å². The molecule has 5 atom stereocenters. The highest BCUT2D eigenvalue weighted by Gasteiger charge is 2.78. The number of ether oxygens (including phenoxy) is 1. The molecule has 1 aliphatic heterocycles. The van der Waals surface area contributed by atoms with Gasteiger partial charge in [0.15, 0.2) is 0 Å². The lowest BCUT2D eigenvalue weighted by atomic mass is 9.80. The molecule has 3 aliphatic rings. The first-order valence-electron chi connectivity index (χ1n) is 12.7. The van der Waals surface area contributed by atoms with Crippen molar-refractivity contribution in [3.05, 3.63) is 0 Å². The van der Waals surface area contributed by atoms with Crippen LogP contribution in [-0.2, 0) is 23.9 Å². The molecule has 1 saturated heterocycles. The standard InChI is InChI=1S/C25H38F2N4O6/c1-23(2,3)18(30-22(36)37-24(4,5)6)21(35)31-11-13-15(25(13,26)27)16(31)20(34)29-14(17(32)19(28)33)10-12-8-7-9-12/h12-16,18H,7-11H2,1-6H3,(H2,28,33)(H,29,34)(H,30,36)/t13-,14?,15?,16-,18+/m0/s1. The van der Waals surface area contributed by atoms with Crippen LogP contribution in [0.4, 0.5) is 13.6 Å². The molecule has 3 rings (SSSR count). The van der Waals surface area contributed by atoms with Gasteiger partial charge in [0.2, 0.25) is 17.6 Å². The van der Waals surface area contributed by atoms with E-state index in [0.29, 0.717) is 0 Å². The number of ketones is 1. The first kappa shape index (κ1) is 28.8. The zero-order valence-electron chi connectivity index (χ0n) is 22.2. The first-order chi connectivity index (χ1) is 16.8. The van der Waals surface area contributed by atoms with Gasteiger partial charge in [-0.15, -0.1) is 0 Å². The third-order valence-corrected chi connectivity index (χ3v) is 7.33. The normalized spacial score (nSPS) is 26.3. The van der Waals surface area contributed by atoms with E-state index < -0.39 is 76.5 Å². The number of alkyl carbamates (subject to hydrolysis) is 1. The Hall–Kier alpha value is -2.79. The van der Waals surface area contributed by atoms with Gasteiger partial charge in [0.1, 0.15) is 17.7 Å². The van der Waals surface area contributed by atoms with Crippen molar-refractivity contribution in [2.24, 2.45) is 28.9 Å². The molecule has 0 aromatic carbocycles. The Morgan fingerprint density at radius 1 is 1.05 bits per heavy atom. The molecule has 3 fully saturated rings. The maximum atomic E-state index is 14.5. The van der Waals surface area contributed by atoms with Crippen LogP contribution in [0.25, 0.3) is 0 Å².